The average Bonchev–Trinajstić information content (AvgIpc) is 2.38. The Bertz CT molecular complexity index is 232. The van der Waals surface area contributed by atoms with E-state index < -0.39 is 0 Å². The van der Waals surface area contributed by atoms with Crippen molar-refractivity contribution in [3.05, 3.63) is 12.2 Å². The van der Waals surface area contributed by atoms with Gasteiger partial charge in [0.15, 0.2) is 6.29 Å². The number of ether oxygens (including phenoxy) is 3. The quantitative estimate of drug-likeness (QED) is 0.236. The third-order valence-corrected chi connectivity index (χ3v) is 2.51. The van der Waals surface area contributed by atoms with Crippen LogP contribution in [0.25, 0.3) is 0 Å². The first-order valence-corrected chi connectivity index (χ1v) is 7.28. The number of carbonyl (C=O) groups excluding carboxylic acids is 1. The SMILES string of the molecule is CCOC(=O)CCCC/C=C\CC(OCC)OCC. The summed E-state index contributed by atoms with van der Waals surface area (Å²) in [6.45, 7) is 7.55. The van der Waals surface area contributed by atoms with Crippen molar-refractivity contribution in [2.24, 2.45) is 0 Å². The molecule has 0 saturated heterocycles. The van der Waals surface area contributed by atoms with Crippen molar-refractivity contribution < 1.29 is 19.0 Å². The van der Waals surface area contributed by atoms with Crippen LogP contribution in [0.15, 0.2) is 12.2 Å². The fourth-order valence-corrected chi connectivity index (χ4v) is 1.65. The molecule has 0 atom stereocenters. The van der Waals surface area contributed by atoms with Gasteiger partial charge in [-0.2, -0.15) is 0 Å². The maximum Gasteiger partial charge on any atom is 0.305 e. The molecule has 0 bridgehead atoms. The molecule has 0 N–H and O–H groups in total. The first kappa shape index (κ1) is 18.1. The van der Waals surface area contributed by atoms with Gasteiger partial charge in [0.2, 0.25) is 0 Å². The largest absolute Gasteiger partial charge is 0.466 e. The van der Waals surface area contributed by atoms with E-state index in [9.17, 15) is 4.79 Å². The molecule has 0 heterocycles. The molecule has 0 aliphatic rings. The van der Waals surface area contributed by atoms with Gasteiger partial charge in [0.05, 0.1) is 6.61 Å². The molecule has 0 fully saturated rings. The lowest BCUT2D eigenvalue weighted by Gasteiger charge is -2.14. The lowest BCUT2D eigenvalue weighted by molar-refractivity contribution is -0.143. The molecule has 0 aliphatic carbocycles. The van der Waals surface area contributed by atoms with Crippen molar-refractivity contribution in [3.8, 4) is 0 Å². The smallest absolute Gasteiger partial charge is 0.305 e. The summed E-state index contributed by atoms with van der Waals surface area (Å²) in [7, 11) is 0. The second kappa shape index (κ2) is 13.6. The van der Waals surface area contributed by atoms with E-state index in [1.54, 1.807) is 0 Å². The van der Waals surface area contributed by atoms with Crippen molar-refractivity contribution in [2.45, 2.75) is 59.2 Å². The van der Waals surface area contributed by atoms with Crippen LogP contribution in [0.3, 0.4) is 0 Å². The van der Waals surface area contributed by atoms with E-state index in [0.717, 1.165) is 25.7 Å². The number of hydrogen-bond donors (Lipinski definition) is 0. The molecule has 0 aromatic rings. The van der Waals surface area contributed by atoms with Crippen LogP contribution in [0.5, 0.6) is 0 Å². The van der Waals surface area contributed by atoms with Crippen molar-refractivity contribution in [3.63, 3.8) is 0 Å². The van der Waals surface area contributed by atoms with Crippen LogP contribution in [0.4, 0.5) is 0 Å². The summed E-state index contributed by atoms with van der Waals surface area (Å²) in [6, 6.07) is 0. The van der Waals surface area contributed by atoms with Gasteiger partial charge in [-0.3, -0.25) is 4.79 Å². The molecule has 112 valence electrons. The molecular formula is C15H28O4. The van der Waals surface area contributed by atoms with Crippen LogP contribution in [0.1, 0.15) is 52.9 Å². The van der Waals surface area contributed by atoms with E-state index in [4.69, 9.17) is 14.2 Å². The highest BCUT2D eigenvalue weighted by atomic mass is 16.7. The molecule has 4 nitrogen and oxygen atoms in total. The molecule has 0 amide bonds. The first-order chi connectivity index (χ1) is 9.24. The molecule has 0 aromatic carbocycles. The third kappa shape index (κ3) is 11.9. The Kier molecular flexibility index (Phi) is 12.9. The summed E-state index contributed by atoms with van der Waals surface area (Å²) >= 11 is 0. The average molecular weight is 272 g/mol. The molecule has 0 aromatic heterocycles. The van der Waals surface area contributed by atoms with Crippen LogP contribution in [-0.4, -0.2) is 32.1 Å². The predicted octanol–water partition coefficient (Wildman–Crippen LogP) is 3.46. The van der Waals surface area contributed by atoms with E-state index in [1.807, 2.05) is 20.8 Å². The molecule has 19 heavy (non-hydrogen) atoms. The monoisotopic (exact) mass is 272 g/mol. The zero-order valence-electron chi connectivity index (χ0n) is 12.5. The molecule has 0 rings (SSSR count). The van der Waals surface area contributed by atoms with Gasteiger partial charge in [0.1, 0.15) is 0 Å². The minimum atomic E-state index is -0.134. The minimum Gasteiger partial charge on any atom is -0.466 e. The van der Waals surface area contributed by atoms with Gasteiger partial charge in [-0.05, 0) is 40.0 Å². The van der Waals surface area contributed by atoms with Gasteiger partial charge >= 0.3 is 5.97 Å². The Balaban J connectivity index is 3.53. The maximum atomic E-state index is 11.1. The molecule has 0 saturated carbocycles. The van der Waals surface area contributed by atoms with E-state index in [0.29, 0.717) is 26.2 Å². The molecule has 0 aliphatic heterocycles. The summed E-state index contributed by atoms with van der Waals surface area (Å²) in [6.07, 6.45) is 8.22. The standard InChI is InChI=1S/C15H28O4/c1-4-17-14(16)12-10-8-7-9-11-13-15(18-5-2)19-6-3/h9,11,15H,4-8,10,12-13H2,1-3H3/b11-9-. The molecule has 4 heteroatoms. The number of hydrogen-bond acceptors (Lipinski definition) is 4. The maximum absolute atomic E-state index is 11.1. The fourth-order valence-electron chi connectivity index (χ4n) is 1.65. The van der Waals surface area contributed by atoms with Crippen molar-refractivity contribution in [1.29, 1.82) is 0 Å². The van der Waals surface area contributed by atoms with Crippen molar-refractivity contribution in [1.82, 2.24) is 0 Å². The van der Waals surface area contributed by atoms with Crippen LogP contribution < -0.4 is 0 Å². The van der Waals surface area contributed by atoms with Crippen LogP contribution >= 0.6 is 0 Å². The Morgan fingerprint density at radius 2 is 1.68 bits per heavy atom. The number of carbonyl (C=O) groups is 1. The Hall–Kier alpha value is -0.870. The summed E-state index contributed by atoms with van der Waals surface area (Å²) in [5, 5.41) is 0. The van der Waals surface area contributed by atoms with Crippen molar-refractivity contribution >= 4 is 5.97 Å². The molecule has 0 radical (unpaired) electrons. The first-order valence-electron chi connectivity index (χ1n) is 7.28. The van der Waals surface area contributed by atoms with E-state index in [2.05, 4.69) is 12.2 Å². The van der Waals surface area contributed by atoms with Crippen LogP contribution in [0, 0.1) is 0 Å². The van der Waals surface area contributed by atoms with E-state index in [-0.39, 0.29) is 12.3 Å². The fraction of sp³-hybridized carbons (Fsp3) is 0.800. The lowest BCUT2D eigenvalue weighted by atomic mass is 10.2. The highest BCUT2D eigenvalue weighted by Gasteiger charge is 2.04. The van der Waals surface area contributed by atoms with E-state index in [1.165, 1.54) is 0 Å². The zero-order valence-corrected chi connectivity index (χ0v) is 12.5. The summed E-state index contributed by atoms with van der Waals surface area (Å²) < 4.78 is 15.7. The van der Waals surface area contributed by atoms with Gasteiger partial charge in [0.25, 0.3) is 0 Å². The minimum absolute atomic E-state index is 0.0979. The Labute approximate surface area is 117 Å². The van der Waals surface area contributed by atoms with Gasteiger partial charge in [-0.15, -0.1) is 0 Å². The number of rotatable bonds is 12. The predicted molar refractivity (Wildman–Crippen MR) is 75.9 cm³/mol. The molecular weight excluding hydrogens is 244 g/mol. The van der Waals surface area contributed by atoms with Gasteiger partial charge in [0, 0.05) is 26.1 Å². The van der Waals surface area contributed by atoms with Crippen LogP contribution in [-0.2, 0) is 19.0 Å². The highest BCUT2D eigenvalue weighted by molar-refractivity contribution is 5.69. The van der Waals surface area contributed by atoms with Crippen LogP contribution in [0.2, 0.25) is 0 Å². The third-order valence-electron chi connectivity index (χ3n) is 2.51. The second-order valence-corrected chi connectivity index (χ2v) is 4.10. The van der Waals surface area contributed by atoms with Gasteiger partial charge in [-0.1, -0.05) is 12.2 Å². The Morgan fingerprint density at radius 1 is 1.00 bits per heavy atom. The molecule has 0 unspecified atom stereocenters. The Morgan fingerprint density at radius 3 is 2.26 bits per heavy atom. The summed E-state index contributed by atoms with van der Waals surface area (Å²) in [5.74, 6) is -0.0979. The van der Waals surface area contributed by atoms with Crippen molar-refractivity contribution in [2.75, 3.05) is 19.8 Å². The van der Waals surface area contributed by atoms with Gasteiger partial charge in [-0.25, -0.2) is 0 Å². The lowest BCUT2D eigenvalue weighted by Crippen LogP contribution is -2.16. The van der Waals surface area contributed by atoms with E-state index >= 15 is 0 Å². The zero-order chi connectivity index (χ0) is 14.3. The topological polar surface area (TPSA) is 44.8 Å². The molecule has 0 spiro atoms. The second-order valence-electron chi connectivity index (χ2n) is 4.10. The normalized spacial score (nSPS) is 11.4. The summed E-state index contributed by atoms with van der Waals surface area (Å²) in [5.41, 5.74) is 0. The number of allylic oxidation sites excluding steroid dienone is 1. The van der Waals surface area contributed by atoms with Gasteiger partial charge < -0.3 is 14.2 Å². The summed E-state index contributed by atoms with van der Waals surface area (Å²) in [4.78, 5) is 11.1. The highest BCUT2D eigenvalue weighted by Crippen LogP contribution is 2.05. The number of unbranched alkanes of at least 4 members (excludes halogenated alkanes) is 2. The number of esters is 1.